The molecule has 7 nitrogen and oxygen atoms in total. The fourth-order valence-electron chi connectivity index (χ4n) is 3.86. The quantitative estimate of drug-likeness (QED) is 0.425. The largest absolute Gasteiger partial charge is 0.496 e. The van der Waals surface area contributed by atoms with Crippen LogP contribution in [0.3, 0.4) is 0 Å². The van der Waals surface area contributed by atoms with Gasteiger partial charge in [0.05, 0.1) is 45.3 Å². The number of anilines is 1. The number of carbonyl (C=O) groups excluding carboxylic acids is 1. The highest BCUT2D eigenvalue weighted by molar-refractivity contribution is 5.99. The van der Waals surface area contributed by atoms with E-state index in [1.165, 1.54) is 37.9 Å². The molecule has 0 saturated carbocycles. The van der Waals surface area contributed by atoms with E-state index in [1.54, 1.807) is 19.1 Å². The molecule has 0 bridgehead atoms. The first-order chi connectivity index (χ1) is 15.1. The zero-order valence-corrected chi connectivity index (χ0v) is 18.7. The van der Waals surface area contributed by atoms with Gasteiger partial charge in [-0.15, -0.1) is 0 Å². The van der Waals surface area contributed by atoms with E-state index in [-0.39, 0.29) is 12.5 Å². The zero-order chi connectivity index (χ0) is 22.1. The standard InChI is InChI=1S/C24H32N4O3/c1-18(26-27-24(29)16-25-21-9-5-6-10-23(21)31-3)19-11-12-22(30-2)20(15-19)17-28-13-7-4-8-14-28/h5-6,9-12,15,25H,4,7-8,13-14,16-17H2,1-3H3,(H,27,29)/p+1/b26-18-. The SMILES string of the molecule is COc1ccc(/C(C)=N\NC(=O)CNc2ccccc2OC)cc1C[NH+]1CCCCC1. The van der Waals surface area contributed by atoms with Crippen molar-refractivity contribution < 1.29 is 19.2 Å². The molecule has 1 heterocycles. The zero-order valence-electron chi connectivity index (χ0n) is 18.7. The predicted molar refractivity (Wildman–Crippen MR) is 123 cm³/mol. The number of methoxy groups -OCH3 is 2. The number of hydrogen-bond acceptors (Lipinski definition) is 5. The highest BCUT2D eigenvalue weighted by atomic mass is 16.5. The van der Waals surface area contributed by atoms with Crippen molar-refractivity contribution in [2.45, 2.75) is 32.7 Å². The van der Waals surface area contributed by atoms with Crippen molar-refractivity contribution in [3.63, 3.8) is 0 Å². The van der Waals surface area contributed by atoms with E-state index < -0.39 is 0 Å². The van der Waals surface area contributed by atoms with Crippen molar-refractivity contribution in [2.75, 3.05) is 39.2 Å². The molecule has 1 aliphatic rings. The van der Waals surface area contributed by atoms with Crippen LogP contribution in [0.4, 0.5) is 5.69 Å². The van der Waals surface area contributed by atoms with Gasteiger partial charge in [-0.25, -0.2) is 5.43 Å². The third-order valence-electron chi connectivity index (χ3n) is 5.59. The molecule has 1 aliphatic heterocycles. The number of ether oxygens (including phenoxy) is 2. The Kier molecular flexibility index (Phi) is 8.29. The maximum atomic E-state index is 12.2. The maximum absolute atomic E-state index is 12.2. The summed E-state index contributed by atoms with van der Waals surface area (Å²) in [5.41, 5.74) is 6.30. The van der Waals surface area contributed by atoms with Crippen LogP contribution < -0.4 is 25.1 Å². The predicted octanol–water partition coefficient (Wildman–Crippen LogP) is 2.22. The van der Waals surface area contributed by atoms with Gasteiger partial charge in [0.15, 0.2) is 0 Å². The second-order valence-electron chi connectivity index (χ2n) is 7.80. The second kappa shape index (κ2) is 11.4. The average Bonchev–Trinajstić information content (AvgIpc) is 2.82. The Hall–Kier alpha value is -3.06. The lowest BCUT2D eigenvalue weighted by Crippen LogP contribution is -3.11. The van der Waals surface area contributed by atoms with Gasteiger partial charge in [0.2, 0.25) is 0 Å². The Labute approximate surface area is 184 Å². The summed E-state index contributed by atoms with van der Waals surface area (Å²) in [5, 5.41) is 7.36. The number of hydrogen-bond donors (Lipinski definition) is 3. The van der Waals surface area contributed by atoms with Gasteiger partial charge in [-0.3, -0.25) is 4.79 Å². The first-order valence-corrected chi connectivity index (χ1v) is 10.8. The molecule has 166 valence electrons. The van der Waals surface area contributed by atoms with Gasteiger partial charge in [-0.05, 0) is 62.1 Å². The molecule has 1 fully saturated rings. The lowest BCUT2D eigenvalue weighted by atomic mass is 10.0. The van der Waals surface area contributed by atoms with Crippen LogP contribution in [0, 0.1) is 0 Å². The monoisotopic (exact) mass is 425 g/mol. The Morgan fingerprint density at radius 3 is 2.52 bits per heavy atom. The minimum atomic E-state index is -0.225. The number of amides is 1. The summed E-state index contributed by atoms with van der Waals surface area (Å²) in [4.78, 5) is 13.8. The van der Waals surface area contributed by atoms with Crippen LogP contribution in [-0.4, -0.2) is 45.5 Å². The van der Waals surface area contributed by atoms with Crippen molar-refractivity contribution in [1.82, 2.24) is 5.43 Å². The van der Waals surface area contributed by atoms with E-state index >= 15 is 0 Å². The maximum Gasteiger partial charge on any atom is 0.259 e. The third-order valence-corrected chi connectivity index (χ3v) is 5.59. The normalized spacial score (nSPS) is 14.7. The summed E-state index contributed by atoms with van der Waals surface area (Å²) >= 11 is 0. The number of para-hydroxylation sites is 2. The number of benzene rings is 2. The third kappa shape index (κ3) is 6.46. The highest BCUT2D eigenvalue weighted by Gasteiger charge is 2.17. The molecule has 1 saturated heterocycles. The minimum Gasteiger partial charge on any atom is -0.496 e. The molecule has 0 aromatic heterocycles. The summed E-state index contributed by atoms with van der Waals surface area (Å²) in [5.74, 6) is 1.37. The smallest absolute Gasteiger partial charge is 0.259 e. The number of nitrogens with zero attached hydrogens (tertiary/aromatic N) is 1. The first-order valence-electron chi connectivity index (χ1n) is 10.8. The van der Waals surface area contributed by atoms with Crippen LogP contribution in [0.5, 0.6) is 11.5 Å². The number of piperidine rings is 1. The number of carbonyl (C=O) groups is 1. The Morgan fingerprint density at radius 2 is 1.77 bits per heavy atom. The van der Waals surface area contributed by atoms with Crippen LogP contribution in [-0.2, 0) is 11.3 Å². The van der Waals surface area contributed by atoms with Gasteiger partial charge in [0.1, 0.15) is 18.0 Å². The van der Waals surface area contributed by atoms with Crippen LogP contribution in [0.1, 0.15) is 37.3 Å². The molecule has 2 aromatic carbocycles. The van der Waals surface area contributed by atoms with Crippen molar-refractivity contribution in [3.05, 3.63) is 53.6 Å². The fourth-order valence-corrected chi connectivity index (χ4v) is 3.86. The van der Waals surface area contributed by atoms with Crippen LogP contribution in [0.2, 0.25) is 0 Å². The average molecular weight is 426 g/mol. The lowest BCUT2D eigenvalue weighted by Gasteiger charge is -2.24. The van der Waals surface area contributed by atoms with Crippen molar-refractivity contribution in [2.24, 2.45) is 5.10 Å². The van der Waals surface area contributed by atoms with Crippen molar-refractivity contribution in [1.29, 1.82) is 0 Å². The second-order valence-corrected chi connectivity index (χ2v) is 7.80. The summed E-state index contributed by atoms with van der Waals surface area (Å²) in [6.45, 7) is 5.35. The summed E-state index contributed by atoms with van der Waals surface area (Å²) in [7, 11) is 3.31. The fraction of sp³-hybridized carbons (Fsp3) is 0.417. The molecule has 0 atom stereocenters. The van der Waals surface area contributed by atoms with Crippen molar-refractivity contribution >= 4 is 17.3 Å². The molecule has 7 heteroatoms. The van der Waals surface area contributed by atoms with E-state index in [2.05, 4.69) is 21.9 Å². The van der Waals surface area contributed by atoms with Crippen molar-refractivity contribution in [3.8, 4) is 11.5 Å². The Bertz CT molecular complexity index is 907. The Morgan fingerprint density at radius 1 is 1.03 bits per heavy atom. The molecule has 3 N–H and O–H groups in total. The number of rotatable bonds is 9. The summed E-state index contributed by atoms with van der Waals surface area (Å²) < 4.78 is 10.9. The molecular weight excluding hydrogens is 392 g/mol. The molecule has 31 heavy (non-hydrogen) atoms. The van der Waals surface area contributed by atoms with Crippen LogP contribution >= 0.6 is 0 Å². The molecule has 0 unspecified atom stereocenters. The van der Waals surface area contributed by atoms with Gasteiger partial charge in [0.25, 0.3) is 5.91 Å². The molecule has 0 aliphatic carbocycles. The molecular formula is C24H33N4O3+. The van der Waals surface area contributed by atoms with Gasteiger partial charge in [0, 0.05) is 5.56 Å². The molecule has 0 radical (unpaired) electrons. The number of hydrazone groups is 1. The lowest BCUT2D eigenvalue weighted by molar-refractivity contribution is -0.918. The van der Waals surface area contributed by atoms with E-state index in [0.29, 0.717) is 5.75 Å². The van der Waals surface area contributed by atoms with E-state index in [1.807, 2.05) is 43.3 Å². The summed E-state index contributed by atoms with van der Waals surface area (Å²) in [6, 6.07) is 13.6. The van der Waals surface area contributed by atoms with E-state index in [0.717, 1.165) is 29.3 Å². The molecule has 0 spiro atoms. The Balaban J connectivity index is 1.61. The van der Waals surface area contributed by atoms with E-state index in [9.17, 15) is 4.79 Å². The van der Waals surface area contributed by atoms with Crippen LogP contribution in [0.25, 0.3) is 0 Å². The van der Waals surface area contributed by atoms with Gasteiger partial charge < -0.3 is 19.7 Å². The first kappa shape index (κ1) is 22.6. The van der Waals surface area contributed by atoms with E-state index in [4.69, 9.17) is 9.47 Å². The van der Waals surface area contributed by atoms with Gasteiger partial charge >= 0.3 is 0 Å². The topological polar surface area (TPSA) is 76.4 Å². The number of likely N-dealkylation sites (tertiary alicyclic amines) is 1. The molecule has 2 aromatic rings. The number of quaternary nitrogens is 1. The van der Waals surface area contributed by atoms with Gasteiger partial charge in [-0.1, -0.05) is 12.1 Å². The summed E-state index contributed by atoms with van der Waals surface area (Å²) in [6.07, 6.45) is 3.90. The highest BCUT2D eigenvalue weighted by Crippen LogP contribution is 2.22. The van der Waals surface area contributed by atoms with Gasteiger partial charge in [-0.2, -0.15) is 5.10 Å². The number of nitrogens with one attached hydrogen (secondary N) is 3. The minimum absolute atomic E-state index is 0.101. The molecule has 1 amide bonds. The molecule has 3 rings (SSSR count). The van der Waals surface area contributed by atoms with Crippen LogP contribution in [0.15, 0.2) is 47.6 Å².